The molecule has 2 aromatic rings. The maximum Gasteiger partial charge on any atom is 0.497 e. The van der Waals surface area contributed by atoms with Gasteiger partial charge in [-0.3, -0.25) is 0 Å². The lowest BCUT2D eigenvalue weighted by Crippen LogP contribution is -2.41. The summed E-state index contributed by atoms with van der Waals surface area (Å²) in [4.78, 5) is 0. The van der Waals surface area contributed by atoms with Gasteiger partial charge in [0.25, 0.3) is 0 Å². The lowest BCUT2D eigenvalue weighted by molar-refractivity contribution is 0.00578. The van der Waals surface area contributed by atoms with E-state index in [2.05, 4.69) is 59.5 Å². The highest BCUT2D eigenvalue weighted by atomic mass is 28.3. The minimum Gasteiger partial charge on any atom is -0.399 e. The van der Waals surface area contributed by atoms with Crippen LogP contribution in [-0.4, -0.2) is 37.6 Å². The molecule has 0 N–H and O–H groups in total. The summed E-state index contributed by atoms with van der Waals surface area (Å²) in [6.07, 6.45) is 2.03. The fourth-order valence-electron chi connectivity index (χ4n) is 3.47. The number of ether oxygens (including phenoxy) is 1. The summed E-state index contributed by atoms with van der Waals surface area (Å²) in [6.45, 7) is 18.3. The van der Waals surface area contributed by atoms with E-state index in [9.17, 15) is 5.26 Å². The van der Waals surface area contributed by atoms with Gasteiger partial charge in [0.05, 0.1) is 22.3 Å². The molecule has 0 unspecified atom stereocenters. The molecular formula is C22H33BN2O3Si. The lowest BCUT2D eigenvalue weighted by atomic mass is 9.78. The molecule has 1 aromatic carbocycles. The third-order valence-electron chi connectivity index (χ3n) is 6.13. The Morgan fingerprint density at radius 1 is 1.14 bits per heavy atom. The molecule has 7 heteroatoms. The van der Waals surface area contributed by atoms with Crippen LogP contribution in [0, 0.1) is 18.3 Å². The van der Waals surface area contributed by atoms with Gasteiger partial charge in [-0.05, 0) is 46.2 Å². The molecular weight excluding hydrogens is 379 g/mol. The highest BCUT2D eigenvalue weighted by Gasteiger charge is 2.52. The standard InChI is InChI=1S/C22H33BN2O3Si/c1-16-9-10-17-19(23-27-21(2,3)22(4,5)28-23)14-25(20(17)18(16)13-24)15-26-11-12-29(6,7)8/h9-10,14H,11-12,15H2,1-8H3. The quantitative estimate of drug-likeness (QED) is 0.520. The molecule has 1 aromatic heterocycles. The van der Waals surface area contributed by atoms with Crippen LogP contribution in [0.5, 0.6) is 0 Å². The molecule has 1 aliphatic rings. The van der Waals surface area contributed by atoms with Gasteiger partial charge in [-0.1, -0.05) is 31.8 Å². The first-order valence-electron chi connectivity index (χ1n) is 10.3. The van der Waals surface area contributed by atoms with Crippen molar-refractivity contribution < 1.29 is 14.0 Å². The van der Waals surface area contributed by atoms with E-state index in [0.717, 1.165) is 34.6 Å². The van der Waals surface area contributed by atoms with Crippen molar-refractivity contribution in [2.75, 3.05) is 6.61 Å². The van der Waals surface area contributed by atoms with Crippen LogP contribution in [0.15, 0.2) is 18.3 Å². The summed E-state index contributed by atoms with van der Waals surface area (Å²) >= 11 is 0. The normalized spacial score (nSPS) is 18.4. The maximum absolute atomic E-state index is 9.80. The molecule has 0 amide bonds. The molecule has 5 nitrogen and oxygen atoms in total. The third kappa shape index (κ3) is 4.31. The van der Waals surface area contributed by atoms with Crippen LogP contribution in [0.4, 0.5) is 0 Å². The molecule has 1 fully saturated rings. The van der Waals surface area contributed by atoms with Crippen molar-refractivity contribution in [3.8, 4) is 6.07 Å². The van der Waals surface area contributed by atoms with Crippen molar-refractivity contribution in [3.05, 3.63) is 29.5 Å². The summed E-state index contributed by atoms with van der Waals surface area (Å²) in [5.74, 6) is 0. The van der Waals surface area contributed by atoms with Crippen molar-refractivity contribution in [2.45, 2.75) is 78.2 Å². The zero-order chi connectivity index (χ0) is 21.6. The van der Waals surface area contributed by atoms with Gasteiger partial charge in [-0.25, -0.2) is 0 Å². The third-order valence-corrected chi connectivity index (χ3v) is 7.83. The van der Waals surface area contributed by atoms with E-state index in [4.69, 9.17) is 14.0 Å². The minimum absolute atomic E-state index is 0.414. The van der Waals surface area contributed by atoms with E-state index in [1.165, 1.54) is 0 Å². The van der Waals surface area contributed by atoms with Gasteiger partial charge in [0.15, 0.2) is 0 Å². The van der Waals surface area contributed by atoms with Crippen molar-refractivity contribution in [3.63, 3.8) is 0 Å². The first-order chi connectivity index (χ1) is 13.4. The second-order valence-electron chi connectivity index (χ2n) is 10.3. The number of hydrogen-bond acceptors (Lipinski definition) is 4. The molecule has 0 radical (unpaired) electrons. The first kappa shape index (κ1) is 22.1. The van der Waals surface area contributed by atoms with Gasteiger partial charge in [0, 0.05) is 31.7 Å². The van der Waals surface area contributed by atoms with E-state index >= 15 is 0 Å². The van der Waals surface area contributed by atoms with E-state index in [1.54, 1.807) is 0 Å². The number of aromatic nitrogens is 1. The number of nitriles is 1. The Balaban J connectivity index is 1.99. The van der Waals surface area contributed by atoms with Crippen LogP contribution in [0.25, 0.3) is 10.9 Å². The molecule has 2 heterocycles. The topological polar surface area (TPSA) is 56.4 Å². The average molecular weight is 412 g/mol. The summed E-state index contributed by atoms with van der Waals surface area (Å²) in [6, 6.07) is 7.54. The molecule has 0 aliphatic carbocycles. The Kier molecular flexibility index (Phi) is 5.78. The van der Waals surface area contributed by atoms with Crippen molar-refractivity contribution in [2.24, 2.45) is 0 Å². The monoisotopic (exact) mass is 412 g/mol. The van der Waals surface area contributed by atoms with E-state index in [-0.39, 0.29) is 0 Å². The van der Waals surface area contributed by atoms with Crippen LogP contribution in [0.3, 0.4) is 0 Å². The second-order valence-corrected chi connectivity index (χ2v) is 15.9. The first-order valence-corrected chi connectivity index (χ1v) is 14.0. The highest BCUT2D eigenvalue weighted by molar-refractivity contribution is 6.76. The SMILES string of the molecule is Cc1ccc2c(B3OC(C)(C)C(C)(C)O3)cn(COCC[Si](C)(C)C)c2c1C#N. The number of nitrogens with zero attached hydrogens (tertiary/aromatic N) is 2. The summed E-state index contributed by atoms with van der Waals surface area (Å²) in [5.41, 5.74) is 2.65. The van der Waals surface area contributed by atoms with E-state index in [1.807, 2.05) is 23.8 Å². The molecule has 3 rings (SSSR count). The van der Waals surface area contributed by atoms with Gasteiger partial charge in [-0.15, -0.1) is 0 Å². The Morgan fingerprint density at radius 3 is 2.31 bits per heavy atom. The van der Waals surface area contributed by atoms with Crippen LogP contribution in [0.2, 0.25) is 25.7 Å². The minimum atomic E-state index is -1.15. The molecule has 0 atom stereocenters. The predicted octanol–water partition coefficient (Wildman–Crippen LogP) is 4.43. The fraction of sp³-hybridized carbons (Fsp3) is 0.591. The number of hydrogen-bond donors (Lipinski definition) is 0. The van der Waals surface area contributed by atoms with Crippen molar-refractivity contribution >= 4 is 31.6 Å². The summed E-state index contributed by atoms with van der Waals surface area (Å²) in [7, 11) is -1.62. The lowest BCUT2D eigenvalue weighted by Gasteiger charge is -2.32. The fourth-order valence-corrected chi connectivity index (χ4v) is 4.22. The average Bonchev–Trinajstić information content (AvgIpc) is 3.05. The Morgan fingerprint density at radius 2 is 1.76 bits per heavy atom. The zero-order valence-corrected chi connectivity index (χ0v) is 20.0. The Hall–Kier alpha value is -1.59. The molecule has 156 valence electrons. The van der Waals surface area contributed by atoms with E-state index in [0.29, 0.717) is 12.3 Å². The van der Waals surface area contributed by atoms with Gasteiger partial charge >= 0.3 is 7.12 Å². The maximum atomic E-state index is 9.80. The molecule has 0 bridgehead atoms. The van der Waals surface area contributed by atoms with Crippen LogP contribution in [-0.2, 0) is 20.8 Å². The summed E-state index contributed by atoms with van der Waals surface area (Å²) < 4.78 is 20.6. The smallest absolute Gasteiger partial charge is 0.399 e. The summed E-state index contributed by atoms with van der Waals surface area (Å²) in [5, 5.41) is 10.8. The van der Waals surface area contributed by atoms with Crippen LogP contribution in [0.1, 0.15) is 38.8 Å². The molecule has 1 saturated heterocycles. The van der Waals surface area contributed by atoms with Gasteiger partial charge in [0.2, 0.25) is 0 Å². The van der Waals surface area contributed by atoms with Crippen LogP contribution < -0.4 is 5.46 Å². The number of fused-ring (bicyclic) bond motifs is 1. The second kappa shape index (κ2) is 7.59. The van der Waals surface area contributed by atoms with E-state index < -0.39 is 26.4 Å². The molecule has 0 saturated carbocycles. The number of benzene rings is 1. The largest absolute Gasteiger partial charge is 0.497 e. The van der Waals surface area contributed by atoms with Crippen molar-refractivity contribution in [1.82, 2.24) is 4.57 Å². The van der Waals surface area contributed by atoms with Crippen molar-refractivity contribution in [1.29, 1.82) is 5.26 Å². The molecule has 29 heavy (non-hydrogen) atoms. The molecule has 1 aliphatic heterocycles. The van der Waals surface area contributed by atoms with Gasteiger partial charge < -0.3 is 18.6 Å². The molecule has 0 spiro atoms. The highest BCUT2D eigenvalue weighted by Crippen LogP contribution is 2.37. The number of rotatable bonds is 6. The number of aryl methyl sites for hydroxylation is 1. The van der Waals surface area contributed by atoms with Gasteiger partial charge in [-0.2, -0.15) is 5.26 Å². The predicted molar refractivity (Wildman–Crippen MR) is 121 cm³/mol. The van der Waals surface area contributed by atoms with Crippen LogP contribution >= 0.6 is 0 Å². The Labute approximate surface area is 176 Å². The zero-order valence-electron chi connectivity index (χ0n) is 19.0. The Bertz CT molecular complexity index is 938. The van der Waals surface area contributed by atoms with Gasteiger partial charge in [0.1, 0.15) is 12.8 Å².